The molecule has 1 atom stereocenters. The van der Waals surface area contributed by atoms with E-state index in [-0.39, 0.29) is 11.1 Å². The molecule has 4 rings (SSSR count). The molecule has 0 saturated heterocycles. The number of hydrogen-bond acceptors (Lipinski definition) is 4. The Morgan fingerprint density at radius 2 is 1.96 bits per heavy atom. The lowest BCUT2D eigenvalue weighted by atomic mass is 10.1. The number of furan rings is 1. The van der Waals surface area contributed by atoms with Crippen LogP contribution in [0, 0.1) is 5.82 Å². The van der Waals surface area contributed by atoms with Gasteiger partial charge in [-0.2, -0.15) is 0 Å². The number of halogens is 1. The first-order chi connectivity index (χ1) is 13.2. The molecule has 3 nitrogen and oxygen atoms in total. The Bertz CT molecular complexity index is 911. The molecule has 27 heavy (non-hydrogen) atoms. The maximum absolute atomic E-state index is 13.7. The van der Waals surface area contributed by atoms with E-state index in [2.05, 4.69) is 29.2 Å². The summed E-state index contributed by atoms with van der Waals surface area (Å²) in [5.74, 6) is 1.58. The number of para-hydroxylation sites is 1. The zero-order valence-electron chi connectivity index (χ0n) is 15.2. The van der Waals surface area contributed by atoms with E-state index in [1.54, 1.807) is 19.2 Å². The summed E-state index contributed by atoms with van der Waals surface area (Å²) in [5, 5.41) is 0.229. The summed E-state index contributed by atoms with van der Waals surface area (Å²) in [5.41, 5.74) is 2.24. The van der Waals surface area contributed by atoms with E-state index in [1.165, 1.54) is 16.6 Å². The molecule has 0 amide bonds. The Balaban J connectivity index is 1.59. The lowest BCUT2D eigenvalue weighted by molar-refractivity contribution is 0.162. The fourth-order valence-electron chi connectivity index (χ4n) is 3.44. The molecule has 2 aromatic carbocycles. The van der Waals surface area contributed by atoms with Crippen molar-refractivity contribution < 1.29 is 13.5 Å². The molecule has 0 spiro atoms. The van der Waals surface area contributed by atoms with Crippen LogP contribution in [0.5, 0.6) is 0 Å². The molecule has 0 saturated carbocycles. The van der Waals surface area contributed by atoms with Crippen LogP contribution in [0.1, 0.15) is 28.8 Å². The molecule has 0 aliphatic carbocycles. The van der Waals surface area contributed by atoms with Gasteiger partial charge >= 0.3 is 0 Å². The molecule has 3 aromatic rings. The van der Waals surface area contributed by atoms with Crippen molar-refractivity contribution in [3.63, 3.8) is 0 Å². The number of benzene rings is 2. The molecule has 5 heteroatoms. The number of rotatable bonds is 5. The van der Waals surface area contributed by atoms with Gasteiger partial charge in [0.25, 0.3) is 0 Å². The molecule has 1 aliphatic rings. The average molecular weight is 383 g/mol. The van der Waals surface area contributed by atoms with E-state index in [4.69, 9.17) is 9.15 Å². The average Bonchev–Trinajstić information content (AvgIpc) is 3.03. The third-order valence-electron chi connectivity index (χ3n) is 4.71. The topological polar surface area (TPSA) is 25.6 Å². The molecular formula is C22H22FNO2S. The molecule has 0 fully saturated rings. The predicted octanol–water partition coefficient (Wildman–Crippen LogP) is 5.81. The maximum atomic E-state index is 13.7. The van der Waals surface area contributed by atoms with Crippen molar-refractivity contribution in [2.24, 2.45) is 0 Å². The van der Waals surface area contributed by atoms with Crippen LogP contribution in [0.3, 0.4) is 0 Å². The zero-order valence-corrected chi connectivity index (χ0v) is 16.0. The summed E-state index contributed by atoms with van der Waals surface area (Å²) < 4.78 is 24.7. The van der Waals surface area contributed by atoms with Crippen molar-refractivity contribution in [2.45, 2.75) is 29.7 Å². The minimum atomic E-state index is -0.177. The van der Waals surface area contributed by atoms with Crippen LogP contribution in [-0.4, -0.2) is 13.7 Å². The Kier molecular flexibility index (Phi) is 5.50. The van der Waals surface area contributed by atoms with E-state index in [0.717, 1.165) is 30.0 Å². The van der Waals surface area contributed by atoms with E-state index in [9.17, 15) is 4.39 Å². The third kappa shape index (κ3) is 4.20. The van der Waals surface area contributed by atoms with Gasteiger partial charge in [0.15, 0.2) is 0 Å². The number of fused-ring (bicyclic) bond motifs is 1. The lowest BCUT2D eigenvalue weighted by Crippen LogP contribution is -2.23. The van der Waals surface area contributed by atoms with Crippen molar-refractivity contribution in [3.8, 4) is 0 Å². The number of nitrogens with zero attached hydrogens (tertiary/aromatic N) is 1. The van der Waals surface area contributed by atoms with Crippen molar-refractivity contribution in [1.82, 2.24) is 0 Å². The maximum Gasteiger partial charge on any atom is 0.129 e. The van der Waals surface area contributed by atoms with Gasteiger partial charge in [-0.25, -0.2) is 4.39 Å². The fourth-order valence-corrected chi connectivity index (χ4v) is 4.73. The van der Waals surface area contributed by atoms with Crippen LogP contribution in [-0.2, 0) is 17.9 Å². The van der Waals surface area contributed by atoms with Crippen LogP contribution >= 0.6 is 11.8 Å². The van der Waals surface area contributed by atoms with Gasteiger partial charge in [0.2, 0.25) is 0 Å². The molecule has 140 valence electrons. The Morgan fingerprint density at radius 3 is 2.81 bits per heavy atom. The summed E-state index contributed by atoms with van der Waals surface area (Å²) in [4.78, 5) is 3.56. The molecule has 0 N–H and O–H groups in total. The van der Waals surface area contributed by atoms with Crippen molar-refractivity contribution in [2.75, 3.05) is 18.6 Å². The summed E-state index contributed by atoms with van der Waals surface area (Å²) in [7, 11) is 1.66. The zero-order chi connectivity index (χ0) is 18.6. The second kappa shape index (κ2) is 8.19. The monoisotopic (exact) mass is 383 g/mol. The van der Waals surface area contributed by atoms with Gasteiger partial charge in [0.05, 0.1) is 12.2 Å². The Hall–Kier alpha value is -2.24. The van der Waals surface area contributed by atoms with E-state index < -0.39 is 0 Å². The molecule has 1 aliphatic heterocycles. The highest BCUT2D eigenvalue weighted by Gasteiger charge is 2.24. The SMILES string of the molecule is COCc1ccc(CN2CCC(c3cccc(F)c3)Sc3ccccc32)o1. The number of ether oxygens (including phenoxy) is 1. The second-order valence-electron chi connectivity index (χ2n) is 6.64. The molecule has 1 unspecified atom stereocenters. The van der Waals surface area contributed by atoms with Crippen LogP contribution in [0.15, 0.2) is 70.0 Å². The van der Waals surface area contributed by atoms with Gasteiger partial charge in [-0.15, -0.1) is 11.8 Å². The fraction of sp³-hybridized carbons (Fsp3) is 0.273. The van der Waals surface area contributed by atoms with E-state index >= 15 is 0 Å². The second-order valence-corrected chi connectivity index (χ2v) is 7.89. The smallest absolute Gasteiger partial charge is 0.129 e. The molecule has 0 radical (unpaired) electrons. The first-order valence-electron chi connectivity index (χ1n) is 9.05. The minimum absolute atomic E-state index is 0.177. The van der Waals surface area contributed by atoms with Crippen molar-refractivity contribution >= 4 is 17.4 Å². The highest BCUT2D eigenvalue weighted by Crippen LogP contribution is 2.45. The Labute approximate surface area is 163 Å². The number of hydrogen-bond donors (Lipinski definition) is 0. The van der Waals surface area contributed by atoms with Gasteiger partial charge in [-0.05, 0) is 48.4 Å². The normalized spacial score (nSPS) is 16.8. The van der Waals surface area contributed by atoms with Gasteiger partial charge < -0.3 is 14.1 Å². The van der Waals surface area contributed by atoms with Crippen LogP contribution in [0.4, 0.5) is 10.1 Å². The van der Waals surface area contributed by atoms with Crippen LogP contribution < -0.4 is 4.90 Å². The quantitative estimate of drug-likeness (QED) is 0.555. The van der Waals surface area contributed by atoms with E-state index in [0.29, 0.717) is 13.2 Å². The molecule has 2 heterocycles. The molecule has 1 aromatic heterocycles. The predicted molar refractivity (Wildman–Crippen MR) is 107 cm³/mol. The molecule has 0 bridgehead atoms. The summed E-state index contributed by atoms with van der Waals surface area (Å²) in [6.07, 6.45) is 0.939. The highest BCUT2D eigenvalue weighted by atomic mass is 32.2. The number of methoxy groups -OCH3 is 1. The largest absolute Gasteiger partial charge is 0.462 e. The van der Waals surface area contributed by atoms with Gasteiger partial charge in [0, 0.05) is 23.8 Å². The first kappa shape index (κ1) is 18.1. The summed E-state index contributed by atoms with van der Waals surface area (Å²) >= 11 is 1.81. The van der Waals surface area contributed by atoms with Crippen molar-refractivity contribution in [1.29, 1.82) is 0 Å². The van der Waals surface area contributed by atoms with Crippen LogP contribution in [0.25, 0.3) is 0 Å². The first-order valence-corrected chi connectivity index (χ1v) is 9.93. The summed E-state index contributed by atoms with van der Waals surface area (Å²) in [6.45, 7) is 2.07. The van der Waals surface area contributed by atoms with Gasteiger partial charge in [-0.3, -0.25) is 0 Å². The summed E-state index contributed by atoms with van der Waals surface area (Å²) in [6, 6.07) is 19.3. The minimum Gasteiger partial charge on any atom is -0.462 e. The van der Waals surface area contributed by atoms with Crippen LogP contribution in [0.2, 0.25) is 0 Å². The van der Waals surface area contributed by atoms with E-state index in [1.807, 2.05) is 30.0 Å². The lowest BCUT2D eigenvalue weighted by Gasteiger charge is -2.23. The number of anilines is 1. The Morgan fingerprint density at radius 1 is 1.11 bits per heavy atom. The van der Waals surface area contributed by atoms with Gasteiger partial charge in [-0.1, -0.05) is 24.3 Å². The van der Waals surface area contributed by atoms with Gasteiger partial charge in [0.1, 0.15) is 23.9 Å². The third-order valence-corrected chi connectivity index (χ3v) is 6.10. The standard InChI is InChI=1S/C22H22FNO2S/c1-25-15-19-10-9-18(26-19)14-24-12-11-21(16-5-4-6-17(23)13-16)27-22-8-3-2-7-20(22)24/h2-10,13,21H,11-12,14-15H2,1H3. The number of thioether (sulfide) groups is 1. The van der Waals surface area contributed by atoms with Crippen molar-refractivity contribution in [3.05, 3.63) is 83.6 Å². The highest BCUT2D eigenvalue weighted by molar-refractivity contribution is 7.99. The molecular weight excluding hydrogens is 361 g/mol.